The van der Waals surface area contributed by atoms with Crippen LogP contribution in [0.2, 0.25) is 18.1 Å². The summed E-state index contributed by atoms with van der Waals surface area (Å²) < 4.78 is 12.9. The molecule has 0 amide bonds. The first-order valence-corrected chi connectivity index (χ1v) is 14.5. The number of aliphatic hydroxyl groups excluding tert-OH is 1. The maximum Gasteiger partial charge on any atom is 0.123 e. The fraction of sp³-hybridized carbons (Fsp3) is 0.692. The summed E-state index contributed by atoms with van der Waals surface area (Å²) in [5, 5.41) is 10.3. The van der Waals surface area contributed by atoms with Crippen molar-refractivity contribution in [3.63, 3.8) is 0 Å². The average molecular weight is 415 g/mol. The third-order valence-electron chi connectivity index (χ3n) is 7.45. The zero-order valence-electron chi connectivity index (χ0n) is 18.2. The Morgan fingerprint density at radius 2 is 1.66 bits per heavy atom. The second-order valence-electron chi connectivity index (χ2n) is 9.59. The summed E-state index contributed by atoms with van der Waals surface area (Å²) in [6.07, 6.45) is 12.8. The number of hydrogen-bond acceptors (Lipinski definition) is 1. The second-order valence-corrected chi connectivity index (χ2v) is 13.0. The van der Waals surface area contributed by atoms with Gasteiger partial charge in [-0.05, 0) is 61.3 Å². The van der Waals surface area contributed by atoms with Crippen molar-refractivity contribution < 1.29 is 9.50 Å². The van der Waals surface area contributed by atoms with E-state index in [9.17, 15) is 9.50 Å². The van der Waals surface area contributed by atoms with Crippen molar-refractivity contribution in [3.8, 4) is 11.8 Å². The number of unbranched alkanes of at least 4 members (excludes halogenated alkanes) is 2. The molecule has 1 atom stereocenters. The van der Waals surface area contributed by atoms with Gasteiger partial charge >= 0.3 is 0 Å². The quantitative estimate of drug-likeness (QED) is 0.304. The zero-order valence-corrected chi connectivity index (χ0v) is 19.4. The van der Waals surface area contributed by atoms with Crippen LogP contribution in [-0.4, -0.2) is 20.0 Å². The predicted octanol–water partition coefficient (Wildman–Crippen LogP) is 6.56. The summed E-state index contributed by atoms with van der Waals surface area (Å²) in [5.41, 5.74) is 0.767. The van der Waals surface area contributed by atoms with Crippen molar-refractivity contribution in [1.29, 1.82) is 0 Å². The summed E-state index contributed by atoms with van der Waals surface area (Å²) >= 11 is 0. The third-order valence-corrected chi connectivity index (χ3v) is 11.0. The van der Waals surface area contributed by atoms with E-state index in [1.54, 1.807) is 30.3 Å². The molecule has 3 rings (SSSR count). The Morgan fingerprint density at radius 3 is 2.31 bits per heavy atom. The van der Waals surface area contributed by atoms with E-state index in [-0.39, 0.29) is 14.6 Å². The van der Waals surface area contributed by atoms with Gasteiger partial charge in [0, 0.05) is 14.4 Å². The Bertz CT molecular complexity index is 646. The van der Waals surface area contributed by atoms with E-state index in [0.29, 0.717) is 5.92 Å². The van der Waals surface area contributed by atoms with Crippen LogP contribution in [0.25, 0.3) is 0 Å². The molecule has 1 nitrogen and oxygen atoms in total. The first kappa shape index (κ1) is 22.6. The number of aliphatic hydroxyl groups is 1. The van der Waals surface area contributed by atoms with Crippen LogP contribution in [0.4, 0.5) is 4.39 Å². The van der Waals surface area contributed by atoms with Crippen LogP contribution in [0, 0.1) is 35.4 Å². The number of hydrogen-bond donors (Lipinski definition) is 1. The van der Waals surface area contributed by atoms with E-state index in [0.717, 1.165) is 23.8 Å². The number of halogens is 1. The van der Waals surface area contributed by atoms with Gasteiger partial charge in [-0.25, -0.2) is 4.39 Å². The van der Waals surface area contributed by atoms with Crippen LogP contribution in [0.1, 0.15) is 76.7 Å². The molecule has 1 N–H and O–H groups in total. The molecule has 1 aliphatic carbocycles. The molecule has 1 aliphatic heterocycles. The van der Waals surface area contributed by atoms with Gasteiger partial charge in [-0.1, -0.05) is 81.8 Å². The summed E-state index contributed by atoms with van der Waals surface area (Å²) in [6, 6.07) is 11.0. The highest BCUT2D eigenvalue weighted by Gasteiger charge is 2.31. The van der Waals surface area contributed by atoms with Gasteiger partial charge in [0.25, 0.3) is 0 Å². The molecule has 1 saturated carbocycles. The first-order chi connectivity index (χ1) is 14.1. The molecule has 2 fully saturated rings. The Labute approximate surface area is 179 Å². The molecule has 1 saturated heterocycles. The molecule has 1 unspecified atom stereocenters. The monoisotopic (exact) mass is 414 g/mol. The minimum atomic E-state index is -0.564. The van der Waals surface area contributed by atoms with Crippen molar-refractivity contribution in [2.75, 3.05) is 0 Å². The molecule has 0 bridgehead atoms. The van der Waals surface area contributed by atoms with Crippen LogP contribution in [0.3, 0.4) is 0 Å². The van der Waals surface area contributed by atoms with E-state index < -0.39 is 6.10 Å². The average Bonchev–Trinajstić information content (AvgIpc) is 2.75. The molecule has 2 aliphatic rings. The minimum absolute atomic E-state index is 0.250. The van der Waals surface area contributed by atoms with Crippen LogP contribution in [-0.2, 0) is 0 Å². The highest BCUT2D eigenvalue weighted by atomic mass is 28.3. The summed E-state index contributed by atoms with van der Waals surface area (Å²) in [6.45, 7) is 2.31. The molecule has 1 aromatic rings. The first-order valence-electron chi connectivity index (χ1n) is 12.1. The van der Waals surface area contributed by atoms with Gasteiger partial charge in [0.1, 0.15) is 11.9 Å². The fourth-order valence-corrected chi connectivity index (χ4v) is 9.13. The van der Waals surface area contributed by atoms with Gasteiger partial charge in [0.05, 0.1) is 0 Å². The van der Waals surface area contributed by atoms with Crippen LogP contribution < -0.4 is 0 Å². The Morgan fingerprint density at radius 1 is 1.00 bits per heavy atom. The molecule has 160 valence electrons. The molecule has 0 spiro atoms. The Hall–Kier alpha value is -1.11. The van der Waals surface area contributed by atoms with Crippen molar-refractivity contribution >= 4 is 8.80 Å². The maximum atomic E-state index is 12.9. The molecule has 1 aromatic carbocycles. The Balaban J connectivity index is 1.35. The topological polar surface area (TPSA) is 20.2 Å². The fourth-order valence-electron chi connectivity index (χ4n) is 5.60. The maximum absolute atomic E-state index is 12.9. The molecular weight excluding hydrogens is 375 g/mol. The van der Waals surface area contributed by atoms with E-state index >= 15 is 0 Å². The van der Waals surface area contributed by atoms with Crippen LogP contribution in [0.15, 0.2) is 24.3 Å². The SMILES string of the molecule is CCCCC[Si@H]1CC[C@H]([C@H]2CC[C@H](CC(O)C#Cc3ccc(F)cc3)CC2)CC1. The Kier molecular flexibility index (Phi) is 9.27. The highest BCUT2D eigenvalue weighted by molar-refractivity contribution is 6.58. The lowest BCUT2D eigenvalue weighted by Crippen LogP contribution is -2.29. The summed E-state index contributed by atoms with van der Waals surface area (Å²) in [5.74, 6) is 8.24. The summed E-state index contributed by atoms with van der Waals surface area (Å²) in [7, 11) is -0.389. The van der Waals surface area contributed by atoms with Crippen LogP contribution in [0.5, 0.6) is 0 Å². The smallest absolute Gasteiger partial charge is 0.123 e. The molecular formula is C26H39FOSi. The number of rotatable bonds is 7. The van der Waals surface area contributed by atoms with Crippen LogP contribution >= 0.6 is 0 Å². The van der Waals surface area contributed by atoms with E-state index in [1.807, 2.05) is 0 Å². The molecule has 0 radical (unpaired) electrons. The lowest BCUT2D eigenvalue weighted by Gasteiger charge is -2.37. The summed E-state index contributed by atoms with van der Waals surface area (Å²) in [4.78, 5) is 0. The molecule has 1 heterocycles. The second kappa shape index (κ2) is 11.9. The van der Waals surface area contributed by atoms with Gasteiger partial charge in [0.2, 0.25) is 0 Å². The van der Waals surface area contributed by atoms with Crippen molar-refractivity contribution in [2.24, 2.45) is 17.8 Å². The zero-order chi connectivity index (χ0) is 20.5. The normalized spacial score (nSPS) is 28.4. The van der Waals surface area contributed by atoms with E-state index in [2.05, 4.69) is 18.8 Å². The van der Waals surface area contributed by atoms with E-state index in [4.69, 9.17) is 0 Å². The molecule has 3 heteroatoms. The standard InChI is InChI=1S/C26H39FOSi/c1-2-3-4-17-29-18-15-24(16-19-29)23-10-5-22(6-11-23)20-26(28)14-9-21-7-12-25(27)13-8-21/h7-8,12-13,22-24,26,28-29H,2-6,10-11,15-20H2,1H3/t22-,23-,24-,26?,29-. The van der Waals surface area contributed by atoms with Gasteiger partial charge in [-0.3, -0.25) is 0 Å². The van der Waals surface area contributed by atoms with E-state index in [1.165, 1.54) is 69.9 Å². The van der Waals surface area contributed by atoms with Crippen molar-refractivity contribution in [2.45, 2.75) is 95.4 Å². The molecule has 29 heavy (non-hydrogen) atoms. The third kappa shape index (κ3) is 7.57. The van der Waals surface area contributed by atoms with Crippen molar-refractivity contribution in [1.82, 2.24) is 0 Å². The number of benzene rings is 1. The predicted molar refractivity (Wildman–Crippen MR) is 123 cm³/mol. The minimum Gasteiger partial charge on any atom is -0.380 e. The van der Waals surface area contributed by atoms with Crippen molar-refractivity contribution in [3.05, 3.63) is 35.6 Å². The van der Waals surface area contributed by atoms with Gasteiger partial charge in [0.15, 0.2) is 0 Å². The highest BCUT2D eigenvalue weighted by Crippen LogP contribution is 2.41. The lowest BCUT2D eigenvalue weighted by atomic mass is 9.73. The van der Waals surface area contributed by atoms with Gasteiger partial charge < -0.3 is 5.11 Å². The molecule has 0 aromatic heterocycles. The largest absolute Gasteiger partial charge is 0.380 e. The lowest BCUT2D eigenvalue weighted by molar-refractivity contribution is 0.142. The van der Waals surface area contributed by atoms with Gasteiger partial charge in [-0.2, -0.15) is 0 Å². The van der Waals surface area contributed by atoms with Gasteiger partial charge in [-0.15, -0.1) is 0 Å².